The molecule has 1 amide bonds. The molecule has 2 heterocycles. The first-order valence-corrected chi connectivity index (χ1v) is 10.2. The predicted molar refractivity (Wildman–Crippen MR) is 119 cm³/mol. The lowest BCUT2D eigenvalue weighted by Crippen LogP contribution is -2.29. The molecule has 4 rings (SSSR count). The minimum absolute atomic E-state index is 0.154. The molecule has 0 radical (unpaired) electrons. The van der Waals surface area contributed by atoms with Crippen molar-refractivity contribution in [2.24, 2.45) is 0 Å². The van der Waals surface area contributed by atoms with Crippen molar-refractivity contribution in [3.8, 4) is 0 Å². The number of amides is 1. The predicted octanol–water partition coefficient (Wildman–Crippen LogP) is 3.68. The van der Waals surface area contributed by atoms with Crippen molar-refractivity contribution in [1.82, 2.24) is 24.0 Å². The fourth-order valence-corrected chi connectivity index (χ4v) is 3.39. The van der Waals surface area contributed by atoms with E-state index in [1.165, 1.54) is 5.56 Å². The number of anilines is 3. The Hall–Kier alpha value is -3.59. The molecule has 0 aliphatic carbocycles. The second-order valence-corrected chi connectivity index (χ2v) is 7.39. The zero-order valence-electron chi connectivity index (χ0n) is 16.6. The van der Waals surface area contributed by atoms with Crippen LogP contribution in [0.4, 0.5) is 17.5 Å². The molecule has 0 saturated heterocycles. The number of aromatic nitrogens is 4. The fourth-order valence-electron chi connectivity index (χ4n) is 2.87. The Morgan fingerprint density at radius 1 is 0.933 bits per heavy atom. The van der Waals surface area contributed by atoms with Crippen molar-refractivity contribution in [1.29, 1.82) is 0 Å². The molecule has 30 heavy (non-hydrogen) atoms. The van der Waals surface area contributed by atoms with Crippen molar-refractivity contribution < 1.29 is 4.79 Å². The SMILES string of the molecule is Cc1ccc(Nc2cc(C)nc(NCCNC(=O)c3ccc4nsnc4c3)n2)cc1. The number of aryl methyl sites for hydroxylation is 2. The van der Waals surface area contributed by atoms with Gasteiger partial charge in [0.05, 0.1) is 11.7 Å². The molecule has 4 aromatic rings. The van der Waals surface area contributed by atoms with E-state index in [0.717, 1.165) is 34.1 Å². The van der Waals surface area contributed by atoms with Crippen molar-refractivity contribution in [2.45, 2.75) is 13.8 Å². The van der Waals surface area contributed by atoms with Gasteiger partial charge in [-0.05, 0) is 44.2 Å². The van der Waals surface area contributed by atoms with Crippen LogP contribution in [0.3, 0.4) is 0 Å². The van der Waals surface area contributed by atoms with Gasteiger partial charge in [0.15, 0.2) is 0 Å². The summed E-state index contributed by atoms with van der Waals surface area (Å²) in [4.78, 5) is 21.2. The van der Waals surface area contributed by atoms with E-state index in [9.17, 15) is 4.79 Å². The Labute approximate surface area is 178 Å². The summed E-state index contributed by atoms with van der Waals surface area (Å²) in [5.74, 6) is 1.07. The summed E-state index contributed by atoms with van der Waals surface area (Å²) in [6.45, 7) is 4.90. The Morgan fingerprint density at radius 2 is 1.73 bits per heavy atom. The third kappa shape index (κ3) is 4.87. The number of nitrogens with zero attached hydrogens (tertiary/aromatic N) is 4. The largest absolute Gasteiger partial charge is 0.352 e. The zero-order chi connectivity index (χ0) is 20.9. The molecule has 2 aromatic carbocycles. The molecule has 0 atom stereocenters. The molecule has 3 N–H and O–H groups in total. The van der Waals surface area contributed by atoms with E-state index >= 15 is 0 Å². The first-order chi connectivity index (χ1) is 14.6. The maximum atomic E-state index is 12.3. The molecule has 0 fully saturated rings. The lowest BCUT2D eigenvalue weighted by molar-refractivity contribution is 0.0955. The highest BCUT2D eigenvalue weighted by molar-refractivity contribution is 7.00. The molecule has 2 aromatic heterocycles. The Morgan fingerprint density at radius 3 is 2.57 bits per heavy atom. The van der Waals surface area contributed by atoms with Crippen LogP contribution in [-0.4, -0.2) is 37.7 Å². The number of carbonyl (C=O) groups excluding carboxylic acids is 1. The van der Waals surface area contributed by atoms with Gasteiger partial charge in [0.1, 0.15) is 16.9 Å². The van der Waals surface area contributed by atoms with Gasteiger partial charge in [0, 0.05) is 36.1 Å². The van der Waals surface area contributed by atoms with Gasteiger partial charge in [0.2, 0.25) is 5.95 Å². The lowest BCUT2D eigenvalue weighted by Gasteiger charge is -2.11. The molecule has 0 unspecified atom stereocenters. The van der Waals surface area contributed by atoms with Gasteiger partial charge in [-0.2, -0.15) is 13.7 Å². The maximum Gasteiger partial charge on any atom is 0.251 e. The third-order valence-corrected chi connectivity index (χ3v) is 4.94. The van der Waals surface area contributed by atoms with Crippen LogP contribution in [0.25, 0.3) is 11.0 Å². The maximum absolute atomic E-state index is 12.3. The van der Waals surface area contributed by atoms with Crippen LogP contribution in [0, 0.1) is 13.8 Å². The molecule has 0 spiro atoms. The Bertz CT molecular complexity index is 1170. The van der Waals surface area contributed by atoms with Crippen molar-refractivity contribution in [3.05, 3.63) is 65.4 Å². The van der Waals surface area contributed by atoms with Gasteiger partial charge in [-0.1, -0.05) is 17.7 Å². The molecule has 0 saturated carbocycles. The van der Waals surface area contributed by atoms with E-state index in [1.54, 1.807) is 18.2 Å². The van der Waals surface area contributed by atoms with Crippen molar-refractivity contribution in [2.75, 3.05) is 23.7 Å². The van der Waals surface area contributed by atoms with Crippen LogP contribution in [0.15, 0.2) is 48.5 Å². The highest BCUT2D eigenvalue weighted by atomic mass is 32.1. The summed E-state index contributed by atoms with van der Waals surface area (Å²) in [6, 6.07) is 15.3. The number of fused-ring (bicyclic) bond motifs is 1. The lowest BCUT2D eigenvalue weighted by atomic mass is 10.2. The van der Waals surface area contributed by atoms with Gasteiger partial charge >= 0.3 is 0 Å². The third-order valence-electron chi connectivity index (χ3n) is 4.39. The van der Waals surface area contributed by atoms with Crippen LogP contribution in [0.5, 0.6) is 0 Å². The van der Waals surface area contributed by atoms with Crippen LogP contribution < -0.4 is 16.0 Å². The number of carbonyl (C=O) groups is 1. The van der Waals surface area contributed by atoms with E-state index in [0.29, 0.717) is 30.4 Å². The van der Waals surface area contributed by atoms with Crippen LogP contribution in [-0.2, 0) is 0 Å². The molecule has 152 valence electrons. The molecule has 0 aliphatic rings. The normalized spacial score (nSPS) is 10.7. The summed E-state index contributed by atoms with van der Waals surface area (Å²) in [5, 5.41) is 9.32. The van der Waals surface area contributed by atoms with Crippen molar-refractivity contribution in [3.63, 3.8) is 0 Å². The van der Waals surface area contributed by atoms with Gasteiger partial charge in [-0.15, -0.1) is 0 Å². The molecular formula is C21H21N7OS. The summed E-state index contributed by atoms with van der Waals surface area (Å²) in [6.07, 6.45) is 0. The van der Waals surface area contributed by atoms with Crippen LogP contribution in [0.1, 0.15) is 21.6 Å². The number of rotatable bonds is 7. The van der Waals surface area contributed by atoms with Crippen molar-refractivity contribution >= 4 is 46.1 Å². The standard InChI is InChI=1S/C21H21N7OS/c1-13-3-6-16(7-4-13)25-19-11-14(2)24-21(26-19)23-10-9-22-20(29)15-5-8-17-18(12-15)28-30-27-17/h3-8,11-12H,9-10H2,1-2H3,(H,22,29)(H2,23,24,25,26). The van der Waals surface area contributed by atoms with Crippen LogP contribution >= 0.6 is 11.7 Å². The second-order valence-electron chi connectivity index (χ2n) is 6.86. The number of nitrogens with one attached hydrogen (secondary N) is 3. The van der Waals surface area contributed by atoms with E-state index in [4.69, 9.17) is 0 Å². The highest BCUT2D eigenvalue weighted by Crippen LogP contribution is 2.17. The highest BCUT2D eigenvalue weighted by Gasteiger charge is 2.08. The molecule has 0 bridgehead atoms. The first kappa shape index (κ1) is 19.7. The number of hydrogen-bond donors (Lipinski definition) is 3. The smallest absolute Gasteiger partial charge is 0.251 e. The topological polar surface area (TPSA) is 105 Å². The molecule has 8 nitrogen and oxygen atoms in total. The Balaban J connectivity index is 1.31. The van der Waals surface area contributed by atoms with Gasteiger partial charge in [-0.3, -0.25) is 4.79 Å². The number of hydrogen-bond acceptors (Lipinski definition) is 8. The first-order valence-electron chi connectivity index (χ1n) is 9.50. The molecule has 0 aliphatic heterocycles. The minimum Gasteiger partial charge on any atom is -0.352 e. The summed E-state index contributed by atoms with van der Waals surface area (Å²) < 4.78 is 8.31. The van der Waals surface area contributed by atoms with Gasteiger partial charge in [0.25, 0.3) is 5.91 Å². The van der Waals surface area contributed by atoms with E-state index < -0.39 is 0 Å². The monoisotopic (exact) mass is 419 g/mol. The molecular weight excluding hydrogens is 398 g/mol. The average molecular weight is 420 g/mol. The van der Waals surface area contributed by atoms with E-state index in [2.05, 4.69) is 34.7 Å². The minimum atomic E-state index is -0.154. The van der Waals surface area contributed by atoms with Crippen LogP contribution in [0.2, 0.25) is 0 Å². The average Bonchev–Trinajstić information content (AvgIpc) is 3.20. The zero-order valence-corrected chi connectivity index (χ0v) is 17.5. The fraction of sp³-hybridized carbons (Fsp3) is 0.190. The van der Waals surface area contributed by atoms with Gasteiger partial charge < -0.3 is 16.0 Å². The Kier molecular flexibility index (Phi) is 5.80. The summed E-state index contributed by atoms with van der Waals surface area (Å²) in [7, 11) is 0. The van der Waals surface area contributed by atoms with Gasteiger partial charge in [-0.25, -0.2) is 4.98 Å². The molecule has 9 heteroatoms. The number of benzene rings is 2. The van der Waals surface area contributed by atoms with E-state index in [-0.39, 0.29) is 5.91 Å². The summed E-state index contributed by atoms with van der Waals surface area (Å²) in [5.41, 5.74) is 5.09. The van der Waals surface area contributed by atoms with E-state index in [1.807, 2.05) is 44.2 Å². The quantitative estimate of drug-likeness (QED) is 0.392. The second kappa shape index (κ2) is 8.83. The summed E-state index contributed by atoms with van der Waals surface area (Å²) >= 11 is 1.13.